The highest BCUT2D eigenvalue weighted by molar-refractivity contribution is 7.27. The monoisotopic (exact) mass is 243 g/mol. The van der Waals surface area contributed by atoms with Crippen molar-refractivity contribution in [2.45, 2.75) is 26.7 Å². The molecule has 1 nitrogen and oxygen atoms in total. The molecule has 0 aliphatic heterocycles. The minimum atomic E-state index is 0.517. The summed E-state index contributed by atoms with van der Waals surface area (Å²) in [6, 6.07) is 10.7. The minimum absolute atomic E-state index is 0.517. The minimum Gasteiger partial charge on any atom is -0.255 e. The van der Waals surface area contributed by atoms with E-state index in [1.807, 2.05) is 6.20 Å². The standard InChI is InChI=1S/C15H18NP/c1-10(2)13-6-4-5-7-14(13)15-11(3)8-12(17)9-16-15/h4-10H,17H2,1-3H3. The Labute approximate surface area is 105 Å². The van der Waals surface area contributed by atoms with Crippen molar-refractivity contribution in [2.75, 3.05) is 0 Å². The molecule has 2 heteroatoms. The Balaban J connectivity index is 2.60. The molecular weight excluding hydrogens is 225 g/mol. The third kappa shape index (κ3) is 2.56. The first-order chi connectivity index (χ1) is 8.09. The number of hydrogen-bond donors (Lipinski definition) is 0. The number of benzene rings is 1. The highest BCUT2D eigenvalue weighted by Gasteiger charge is 2.10. The van der Waals surface area contributed by atoms with E-state index in [0.717, 1.165) is 11.0 Å². The molecule has 0 fully saturated rings. The van der Waals surface area contributed by atoms with Crippen LogP contribution in [0.25, 0.3) is 11.3 Å². The smallest absolute Gasteiger partial charge is 0.0734 e. The van der Waals surface area contributed by atoms with E-state index in [9.17, 15) is 0 Å². The van der Waals surface area contributed by atoms with Gasteiger partial charge >= 0.3 is 0 Å². The quantitative estimate of drug-likeness (QED) is 0.733. The molecule has 1 atom stereocenters. The van der Waals surface area contributed by atoms with Gasteiger partial charge in [-0.15, -0.1) is 9.24 Å². The molecule has 88 valence electrons. The maximum atomic E-state index is 4.57. The Morgan fingerprint density at radius 2 is 1.88 bits per heavy atom. The molecule has 0 aliphatic rings. The van der Waals surface area contributed by atoms with Crippen molar-refractivity contribution in [3.8, 4) is 11.3 Å². The lowest BCUT2D eigenvalue weighted by molar-refractivity contribution is 0.868. The van der Waals surface area contributed by atoms with E-state index in [0.29, 0.717) is 5.92 Å². The Hall–Kier alpha value is -1.20. The summed E-state index contributed by atoms with van der Waals surface area (Å²) in [5, 5.41) is 1.13. The van der Waals surface area contributed by atoms with E-state index in [1.54, 1.807) is 0 Å². The predicted molar refractivity (Wildman–Crippen MR) is 77.8 cm³/mol. The molecule has 1 heterocycles. The lowest BCUT2D eigenvalue weighted by atomic mass is 9.93. The molecule has 1 unspecified atom stereocenters. The summed E-state index contributed by atoms with van der Waals surface area (Å²) in [5.74, 6) is 0.517. The van der Waals surface area contributed by atoms with Crippen molar-refractivity contribution in [3.05, 3.63) is 47.7 Å². The van der Waals surface area contributed by atoms with Crippen LogP contribution in [0.15, 0.2) is 36.5 Å². The Bertz CT molecular complexity index is 532. The Morgan fingerprint density at radius 1 is 1.18 bits per heavy atom. The van der Waals surface area contributed by atoms with Gasteiger partial charge in [-0.1, -0.05) is 38.1 Å². The van der Waals surface area contributed by atoms with Crippen molar-refractivity contribution in [1.82, 2.24) is 4.98 Å². The first kappa shape index (κ1) is 12.3. The number of pyridine rings is 1. The summed E-state index contributed by atoms with van der Waals surface area (Å²) < 4.78 is 0. The van der Waals surface area contributed by atoms with Crippen LogP contribution in [-0.4, -0.2) is 4.98 Å². The van der Waals surface area contributed by atoms with E-state index < -0.39 is 0 Å². The van der Waals surface area contributed by atoms with Crippen LogP contribution in [0.1, 0.15) is 30.9 Å². The molecule has 1 aromatic carbocycles. The molecular formula is C15H18NP. The van der Waals surface area contributed by atoms with Crippen LogP contribution in [0, 0.1) is 6.92 Å². The van der Waals surface area contributed by atoms with Crippen molar-refractivity contribution in [2.24, 2.45) is 0 Å². The van der Waals surface area contributed by atoms with Gasteiger partial charge in [-0.3, -0.25) is 4.98 Å². The van der Waals surface area contributed by atoms with Gasteiger partial charge in [-0.05, 0) is 35.3 Å². The molecule has 0 N–H and O–H groups in total. The van der Waals surface area contributed by atoms with Gasteiger partial charge in [0.2, 0.25) is 0 Å². The number of hydrogen-bond acceptors (Lipinski definition) is 1. The molecule has 2 aromatic rings. The SMILES string of the molecule is Cc1cc(P)cnc1-c1ccccc1C(C)C. The third-order valence-corrected chi connectivity index (χ3v) is 3.25. The van der Waals surface area contributed by atoms with Crippen LogP contribution in [0.3, 0.4) is 0 Å². The van der Waals surface area contributed by atoms with Crippen LogP contribution < -0.4 is 5.30 Å². The van der Waals surface area contributed by atoms with Gasteiger partial charge in [-0.25, -0.2) is 0 Å². The Morgan fingerprint density at radius 3 is 2.53 bits per heavy atom. The molecule has 0 radical (unpaired) electrons. The second-order valence-electron chi connectivity index (χ2n) is 4.68. The number of rotatable bonds is 2. The lowest BCUT2D eigenvalue weighted by Crippen LogP contribution is -2.00. The van der Waals surface area contributed by atoms with Crippen molar-refractivity contribution in [1.29, 1.82) is 0 Å². The average Bonchev–Trinajstić information content (AvgIpc) is 2.29. The number of nitrogens with zero attached hydrogens (tertiary/aromatic N) is 1. The highest BCUT2D eigenvalue weighted by Crippen LogP contribution is 2.29. The summed E-state index contributed by atoms with van der Waals surface area (Å²) >= 11 is 0. The topological polar surface area (TPSA) is 12.9 Å². The molecule has 0 spiro atoms. The van der Waals surface area contributed by atoms with Gasteiger partial charge in [-0.2, -0.15) is 0 Å². The lowest BCUT2D eigenvalue weighted by Gasteiger charge is -2.14. The highest BCUT2D eigenvalue weighted by atomic mass is 31.0. The fourth-order valence-electron chi connectivity index (χ4n) is 2.09. The predicted octanol–water partition coefficient (Wildman–Crippen LogP) is 3.68. The second kappa shape index (κ2) is 4.98. The van der Waals surface area contributed by atoms with E-state index in [-0.39, 0.29) is 0 Å². The molecule has 2 rings (SSSR count). The summed E-state index contributed by atoms with van der Waals surface area (Å²) in [7, 11) is 2.69. The normalized spacial score (nSPS) is 10.9. The molecule has 17 heavy (non-hydrogen) atoms. The number of aryl methyl sites for hydroxylation is 1. The zero-order valence-electron chi connectivity index (χ0n) is 10.6. The first-order valence-electron chi connectivity index (χ1n) is 5.91. The van der Waals surface area contributed by atoms with Gasteiger partial charge in [0.25, 0.3) is 0 Å². The van der Waals surface area contributed by atoms with Crippen LogP contribution in [0.2, 0.25) is 0 Å². The van der Waals surface area contributed by atoms with Crippen LogP contribution in [0.4, 0.5) is 0 Å². The zero-order valence-corrected chi connectivity index (χ0v) is 11.7. The van der Waals surface area contributed by atoms with Gasteiger partial charge < -0.3 is 0 Å². The Kier molecular flexibility index (Phi) is 3.59. The van der Waals surface area contributed by atoms with Gasteiger partial charge in [0.15, 0.2) is 0 Å². The summed E-state index contributed by atoms with van der Waals surface area (Å²) in [5.41, 5.74) is 4.94. The third-order valence-electron chi connectivity index (χ3n) is 2.94. The molecule has 0 saturated carbocycles. The fraction of sp³-hybridized carbons (Fsp3) is 0.267. The first-order valence-corrected chi connectivity index (χ1v) is 6.48. The van der Waals surface area contributed by atoms with Crippen LogP contribution >= 0.6 is 9.24 Å². The second-order valence-corrected chi connectivity index (χ2v) is 5.34. The maximum Gasteiger partial charge on any atom is 0.0734 e. The van der Waals surface area contributed by atoms with Crippen molar-refractivity contribution < 1.29 is 0 Å². The van der Waals surface area contributed by atoms with E-state index in [1.165, 1.54) is 16.7 Å². The van der Waals surface area contributed by atoms with E-state index in [2.05, 4.69) is 65.3 Å². The zero-order chi connectivity index (χ0) is 12.4. The fourth-order valence-corrected chi connectivity index (χ4v) is 2.42. The van der Waals surface area contributed by atoms with E-state index >= 15 is 0 Å². The maximum absolute atomic E-state index is 4.57. The summed E-state index contributed by atoms with van der Waals surface area (Å²) in [6.07, 6.45) is 1.91. The average molecular weight is 243 g/mol. The molecule has 0 saturated heterocycles. The van der Waals surface area contributed by atoms with Gasteiger partial charge in [0.05, 0.1) is 5.69 Å². The molecule has 1 aromatic heterocycles. The summed E-state index contributed by atoms with van der Waals surface area (Å²) in [4.78, 5) is 4.57. The molecule has 0 aliphatic carbocycles. The van der Waals surface area contributed by atoms with Crippen LogP contribution in [-0.2, 0) is 0 Å². The van der Waals surface area contributed by atoms with Gasteiger partial charge in [0.1, 0.15) is 0 Å². The summed E-state index contributed by atoms with van der Waals surface area (Å²) in [6.45, 7) is 6.56. The largest absolute Gasteiger partial charge is 0.255 e. The van der Waals surface area contributed by atoms with Gasteiger partial charge in [0, 0.05) is 11.8 Å². The van der Waals surface area contributed by atoms with Crippen molar-refractivity contribution >= 4 is 14.5 Å². The van der Waals surface area contributed by atoms with Crippen molar-refractivity contribution in [3.63, 3.8) is 0 Å². The van der Waals surface area contributed by atoms with Crippen LogP contribution in [0.5, 0.6) is 0 Å². The molecule has 0 bridgehead atoms. The number of aromatic nitrogens is 1. The molecule has 0 amide bonds. The van der Waals surface area contributed by atoms with E-state index in [4.69, 9.17) is 0 Å².